The van der Waals surface area contributed by atoms with Crippen molar-refractivity contribution in [3.63, 3.8) is 0 Å². The van der Waals surface area contributed by atoms with Gasteiger partial charge in [0.2, 0.25) is 0 Å². The van der Waals surface area contributed by atoms with Crippen LogP contribution in [0.25, 0.3) is 0 Å². The predicted octanol–water partition coefficient (Wildman–Crippen LogP) is 4.50. The number of benzene rings is 2. The molecule has 0 aliphatic heterocycles. The van der Waals surface area contributed by atoms with Crippen LogP contribution in [0.5, 0.6) is 0 Å². The third-order valence-electron chi connectivity index (χ3n) is 2.36. The molecule has 0 amide bonds. The Morgan fingerprint density at radius 1 is 0.944 bits per heavy atom. The third kappa shape index (κ3) is 2.52. The fourth-order valence-corrected chi connectivity index (χ4v) is 1.74. The van der Waals surface area contributed by atoms with Crippen molar-refractivity contribution in [1.29, 1.82) is 0 Å². The quantitative estimate of drug-likeness (QED) is 0.743. The first-order valence-electron chi connectivity index (χ1n) is 4.94. The second-order valence-corrected chi connectivity index (χ2v) is 4.43. The average Bonchev–Trinajstić information content (AvgIpc) is 2.32. The van der Waals surface area contributed by atoms with Gasteiger partial charge in [0.15, 0.2) is 5.78 Å². The third-order valence-corrected chi connectivity index (χ3v) is 2.90. The van der Waals surface area contributed by atoms with Crippen LogP contribution in [0.3, 0.4) is 0 Å². The van der Waals surface area contributed by atoms with Crippen LogP contribution in [0.15, 0.2) is 36.4 Å². The molecule has 0 saturated carbocycles. The van der Waals surface area contributed by atoms with Crippen molar-refractivity contribution in [1.82, 2.24) is 0 Å². The molecular formula is C13H6Cl2F2O. The fourth-order valence-electron chi connectivity index (χ4n) is 1.47. The van der Waals surface area contributed by atoms with E-state index < -0.39 is 17.4 Å². The van der Waals surface area contributed by atoms with E-state index in [1.165, 1.54) is 24.3 Å². The molecule has 0 radical (unpaired) electrons. The molecule has 2 rings (SSSR count). The molecule has 0 bridgehead atoms. The molecule has 0 fully saturated rings. The molecule has 0 aliphatic carbocycles. The van der Waals surface area contributed by atoms with Gasteiger partial charge in [0, 0.05) is 10.6 Å². The highest BCUT2D eigenvalue weighted by Crippen LogP contribution is 2.21. The number of halogens is 4. The van der Waals surface area contributed by atoms with Crippen molar-refractivity contribution in [3.05, 3.63) is 69.2 Å². The summed E-state index contributed by atoms with van der Waals surface area (Å²) in [5.74, 6) is -2.10. The Morgan fingerprint density at radius 3 is 2.28 bits per heavy atom. The Bertz CT molecular complexity index is 626. The lowest BCUT2D eigenvalue weighted by Crippen LogP contribution is -2.04. The minimum atomic E-state index is -0.747. The zero-order valence-corrected chi connectivity index (χ0v) is 10.4. The monoisotopic (exact) mass is 286 g/mol. The van der Waals surface area contributed by atoms with E-state index in [1.807, 2.05) is 0 Å². The van der Waals surface area contributed by atoms with Crippen LogP contribution in [0.4, 0.5) is 8.78 Å². The molecule has 0 aliphatic rings. The van der Waals surface area contributed by atoms with Gasteiger partial charge in [-0.15, -0.1) is 0 Å². The van der Waals surface area contributed by atoms with E-state index in [4.69, 9.17) is 23.2 Å². The first-order chi connectivity index (χ1) is 8.49. The van der Waals surface area contributed by atoms with Gasteiger partial charge in [-0.05, 0) is 36.4 Å². The lowest BCUT2D eigenvalue weighted by Gasteiger charge is -2.04. The molecule has 1 nitrogen and oxygen atoms in total. The summed E-state index contributed by atoms with van der Waals surface area (Å²) in [6, 6.07) is 7.23. The molecule has 2 aromatic rings. The van der Waals surface area contributed by atoms with Gasteiger partial charge in [-0.3, -0.25) is 4.79 Å². The number of carbonyl (C=O) groups excluding carboxylic acids is 1. The van der Waals surface area contributed by atoms with Gasteiger partial charge in [0.1, 0.15) is 11.6 Å². The highest BCUT2D eigenvalue weighted by Gasteiger charge is 2.15. The Hall–Kier alpha value is -1.45. The molecule has 0 saturated heterocycles. The number of carbonyl (C=O) groups is 1. The van der Waals surface area contributed by atoms with Gasteiger partial charge < -0.3 is 0 Å². The second-order valence-electron chi connectivity index (χ2n) is 3.58. The van der Waals surface area contributed by atoms with Crippen LogP contribution in [-0.4, -0.2) is 5.78 Å². The van der Waals surface area contributed by atoms with Gasteiger partial charge in [0.25, 0.3) is 0 Å². The number of ketones is 1. The molecule has 2 aromatic carbocycles. The Balaban J connectivity index is 2.44. The lowest BCUT2D eigenvalue weighted by atomic mass is 10.0. The molecule has 18 heavy (non-hydrogen) atoms. The Morgan fingerprint density at radius 2 is 1.67 bits per heavy atom. The van der Waals surface area contributed by atoms with E-state index in [0.29, 0.717) is 0 Å². The van der Waals surface area contributed by atoms with Crippen molar-refractivity contribution < 1.29 is 13.6 Å². The van der Waals surface area contributed by atoms with Crippen LogP contribution in [0.2, 0.25) is 10.0 Å². The molecule has 0 unspecified atom stereocenters. The van der Waals surface area contributed by atoms with Crippen LogP contribution < -0.4 is 0 Å². The van der Waals surface area contributed by atoms with Gasteiger partial charge in [0.05, 0.1) is 10.6 Å². The molecule has 5 heteroatoms. The summed E-state index contributed by atoms with van der Waals surface area (Å²) in [4.78, 5) is 11.9. The topological polar surface area (TPSA) is 17.1 Å². The summed E-state index contributed by atoms with van der Waals surface area (Å²) in [5.41, 5.74) is -0.140. The van der Waals surface area contributed by atoms with Crippen molar-refractivity contribution in [2.45, 2.75) is 0 Å². The zero-order chi connectivity index (χ0) is 13.3. The van der Waals surface area contributed by atoms with Crippen LogP contribution >= 0.6 is 23.2 Å². The molecular weight excluding hydrogens is 281 g/mol. The molecule has 0 aromatic heterocycles. The molecule has 0 atom stereocenters. The minimum absolute atomic E-state index is 0.0260. The zero-order valence-electron chi connectivity index (χ0n) is 8.88. The van der Waals surface area contributed by atoms with E-state index >= 15 is 0 Å². The van der Waals surface area contributed by atoms with Crippen LogP contribution in [0.1, 0.15) is 15.9 Å². The summed E-state index contributed by atoms with van der Waals surface area (Å²) < 4.78 is 26.8. The van der Waals surface area contributed by atoms with Crippen LogP contribution in [0, 0.1) is 11.6 Å². The largest absolute Gasteiger partial charge is 0.288 e. The summed E-state index contributed by atoms with van der Waals surface area (Å²) >= 11 is 11.1. The van der Waals surface area contributed by atoms with E-state index in [1.54, 1.807) is 0 Å². The number of hydrogen-bond acceptors (Lipinski definition) is 1. The highest BCUT2D eigenvalue weighted by atomic mass is 35.5. The molecule has 0 N–H and O–H groups in total. The maximum Gasteiger partial charge on any atom is 0.196 e. The Labute approximate surface area is 112 Å². The molecule has 92 valence electrons. The predicted molar refractivity (Wildman–Crippen MR) is 66.3 cm³/mol. The van der Waals surface area contributed by atoms with E-state index in [0.717, 1.165) is 12.1 Å². The lowest BCUT2D eigenvalue weighted by molar-refractivity contribution is 0.103. The Kier molecular flexibility index (Phi) is 3.64. The van der Waals surface area contributed by atoms with Crippen molar-refractivity contribution >= 4 is 29.0 Å². The summed E-state index contributed by atoms with van der Waals surface area (Å²) in [6.45, 7) is 0. The summed E-state index contributed by atoms with van der Waals surface area (Å²) in [6.07, 6.45) is 0. The van der Waals surface area contributed by atoms with Gasteiger partial charge in [-0.1, -0.05) is 23.2 Å². The second kappa shape index (κ2) is 5.04. The first kappa shape index (κ1) is 13.0. The first-order valence-corrected chi connectivity index (χ1v) is 5.69. The van der Waals surface area contributed by atoms with E-state index in [2.05, 4.69) is 0 Å². The normalized spacial score (nSPS) is 10.4. The fraction of sp³-hybridized carbons (Fsp3) is 0. The van der Waals surface area contributed by atoms with Crippen molar-refractivity contribution in [3.8, 4) is 0 Å². The highest BCUT2D eigenvalue weighted by molar-refractivity contribution is 6.31. The van der Waals surface area contributed by atoms with Gasteiger partial charge >= 0.3 is 0 Å². The van der Waals surface area contributed by atoms with Crippen LogP contribution in [-0.2, 0) is 0 Å². The van der Waals surface area contributed by atoms with Gasteiger partial charge in [-0.2, -0.15) is 0 Å². The number of rotatable bonds is 2. The van der Waals surface area contributed by atoms with E-state index in [9.17, 15) is 13.6 Å². The summed E-state index contributed by atoms with van der Waals surface area (Å²) in [5, 5.41) is 0.0921. The minimum Gasteiger partial charge on any atom is -0.288 e. The smallest absolute Gasteiger partial charge is 0.196 e. The standard InChI is InChI=1S/C13H6Cl2F2O/c14-8-2-3-9(11(16)6-8)13(18)7-1-4-10(15)12(17)5-7/h1-6H. The van der Waals surface area contributed by atoms with Crippen molar-refractivity contribution in [2.24, 2.45) is 0 Å². The SMILES string of the molecule is O=C(c1ccc(Cl)c(F)c1)c1ccc(Cl)cc1F. The van der Waals surface area contributed by atoms with Gasteiger partial charge in [-0.25, -0.2) is 8.78 Å². The molecule has 0 spiro atoms. The maximum atomic E-state index is 13.5. The maximum absolute atomic E-state index is 13.5. The summed E-state index contributed by atoms with van der Waals surface area (Å²) in [7, 11) is 0. The van der Waals surface area contributed by atoms with E-state index in [-0.39, 0.29) is 21.2 Å². The molecule has 0 heterocycles. The average molecular weight is 287 g/mol. The number of hydrogen-bond donors (Lipinski definition) is 0. The van der Waals surface area contributed by atoms with Crippen molar-refractivity contribution in [2.75, 3.05) is 0 Å².